The van der Waals surface area contributed by atoms with Crippen molar-refractivity contribution in [3.63, 3.8) is 0 Å². The SMILES string of the molecule is CCCC[C@@H](CC(=O)[C@@H]1[C@H]2CCC[C@H]2CN1C(=O)[C@@H](CC(=O)[C@@H](NC(=O)c1cnccn1)C1CCCCC1)C(C)(C)C)C(=O)C(=O)NC1CC1. The molecule has 3 amide bonds. The van der Waals surface area contributed by atoms with Crippen molar-refractivity contribution in [2.45, 2.75) is 142 Å². The smallest absolute Gasteiger partial charge is 0.287 e. The lowest BCUT2D eigenvalue weighted by Gasteiger charge is -2.37. The monoisotopic (exact) mass is 691 g/mol. The lowest BCUT2D eigenvalue weighted by molar-refractivity contribution is -0.147. The van der Waals surface area contributed by atoms with Crippen molar-refractivity contribution >= 4 is 35.1 Å². The number of carbonyl (C=O) groups is 6. The average Bonchev–Trinajstić information content (AvgIpc) is 3.67. The standard InChI is InChI=1S/C39H57N5O6/c1-5-6-11-25(35(47)37(49)42-27-16-17-27)20-32(46)34-28-15-10-14-26(28)23-44(34)38(50)29(39(2,3)4)21-31(45)33(24-12-8-7-9-13-24)43-36(48)30-22-40-18-19-41-30/h18-19,22,24-29,33-34H,5-17,20-21,23H2,1-4H3,(H,42,49)(H,43,48)/t25-,26-,28-,29+,33-,34-/m0/s1. The number of Topliss-reactive ketones (excluding diaryl/α,β-unsaturated/α-hetero) is 3. The highest BCUT2D eigenvalue weighted by Crippen LogP contribution is 2.45. The quantitative estimate of drug-likeness (QED) is 0.229. The Morgan fingerprint density at radius 1 is 0.920 bits per heavy atom. The number of unbranched alkanes of at least 4 members (excludes halogenated alkanes) is 1. The lowest BCUT2D eigenvalue weighted by atomic mass is 9.74. The van der Waals surface area contributed by atoms with Gasteiger partial charge in [0.1, 0.15) is 5.69 Å². The second-order valence-corrected chi connectivity index (χ2v) is 16.4. The molecule has 3 saturated carbocycles. The summed E-state index contributed by atoms with van der Waals surface area (Å²) >= 11 is 0. The number of carbonyl (C=O) groups excluding carboxylic acids is 6. The second-order valence-electron chi connectivity index (χ2n) is 16.4. The molecule has 4 aliphatic rings. The third-order valence-electron chi connectivity index (χ3n) is 11.7. The van der Waals surface area contributed by atoms with Crippen molar-refractivity contribution in [2.75, 3.05) is 6.54 Å². The molecule has 1 aromatic rings. The van der Waals surface area contributed by atoms with Gasteiger partial charge in [0.05, 0.1) is 18.3 Å². The zero-order valence-electron chi connectivity index (χ0n) is 30.5. The highest BCUT2D eigenvalue weighted by atomic mass is 16.2. The first kappa shape index (κ1) is 37.7. The van der Waals surface area contributed by atoms with Gasteiger partial charge in [-0.05, 0) is 68.1 Å². The van der Waals surface area contributed by atoms with Crippen LogP contribution in [0.15, 0.2) is 18.6 Å². The summed E-state index contributed by atoms with van der Waals surface area (Å²) in [5.41, 5.74) is -0.472. The number of fused-ring (bicyclic) bond motifs is 1. The fraction of sp³-hybridized carbons (Fsp3) is 0.744. The largest absolute Gasteiger partial charge is 0.347 e. The van der Waals surface area contributed by atoms with Crippen LogP contribution in [0.5, 0.6) is 0 Å². The number of nitrogens with zero attached hydrogens (tertiary/aromatic N) is 3. The molecule has 0 unspecified atom stereocenters. The molecule has 4 fully saturated rings. The van der Waals surface area contributed by atoms with E-state index in [0.29, 0.717) is 13.0 Å². The predicted octanol–water partition coefficient (Wildman–Crippen LogP) is 5.02. The van der Waals surface area contributed by atoms with Crippen LogP contribution in [0.4, 0.5) is 0 Å². The Bertz CT molecular complexity index is 1400. The second kappa shape index (κ2) is 16.7. The summed E-state index contributed by atoms with van der Waals surface area (Å²) in [5, 5.41) is 5.76. The molecule has 6 atom stereocenters. The van der Waals surface area contributed by atoms with E-state index in [2.05, 4.69) is 20.6 Å². The number of ketones is 3. The summed E-state index contributed by atoms with van der Waals surface area (Å²) in [6.45, 7) is 8.31. The first-order chi connectivity index (χ1) is 23.9. The molecule has 50 heavy (non-hydrogen) atoms. The zero-order chi connectivity index (χ0) is 36.0. The third-order valence-corrected chi connectivity index (χ3v) is 11.7. The summed E-state index contributed by atoms with van der Waals surface area (Å²) in [7, 11) is 0. The zero-order valence-corrected chi connectivity index (χ0v) is 30.5. The van der Waals surface area contributed by atoms with Gasteiger partial charge in [0, 0.05) is 49.7 Å². The van der Waals surface area contributed by atoms with Crippen LogP contribution in [-0.2, 0) is 24.0 Å². The summed E-state index contributed by atoms with van der Waals surface area (Å²) in [6, 6.07) is -1.39. The Kier molecular flexibility index (Phi) is 12.6. The molecule has 0 bridgehead atoms. The molecule has 2 N–H and O–H groups in total. The Morgan fingerprint density at radius 2 is 1.66 bits per heavy atom. The van der Waals surface area contributed by atoms with E-state index in [-0.39, 0.29) is 59.8 Å². The molecule has 11 heteroatoms. The fourth-order valence-electron chi connectivity index (χ4n) is 8.61. The minimum Gasteiger partial charge on any atom is -0.347 e. The first-order valence-electron chi connectivity index (χ1n) is 19.2. The molecule has 274 valence electrons. The highest BCUT2D eigenvalue weighted by Gasteiger charge is 2.52. The van der Waals surface area contributed by atoms with Crippen molar-refractivity contribution in [1.29, 1.82) is 0 Å². The Hall–Kier alpha value is -3.50. The highest BCUT2D eigenvalue weighted by molar-refractivity contribution is 6.37. The maximum atomic E-state index is 14.7. The molecule has 0 aromatic carbocycles. The molecule has 1 aromatic heterocycles. The molecule has 0 spiro atoms. The van der Waals surface area contributed by atoms with Crippen LogP contribution in [0.1, 0.15) is 134 Å². The summed E-state index contributed by atoms with van der Waals surface area (Å²) in [6.07, 6.45) is 15.3. The summed E-state index contributed by atoms with van der Waals surface area (Å²) in [5.74, 6) is -3.44. The molecule has 5 rings (SSSR count). The van der Waals surface area contributed by atoms with Crippen LogP contribution in [0.2, 0.25) is 0 Å². The van der Waals surface area contributed by atoms with Gasteiger partial charge in [-0.2, -0.15) is 0 Å². The molecule has 1 saturated heterocycles. The maximum absolute atomic E-state index is 14.7. The molecular weight excluding hydrogens is 634 g/mol. The van der Waals surface area contributed by atoms with E-state index >= 15 is 0 Å². The van der Waals surface area contributed by atoms with Gasteiger partial charge < -0.3 is 15.5 Å². The molecule has 3 aliphatic carbocycles. The predicted molar refractivity (Wildman–Crippen MR) is 188 cm³/mol. The van der Waals surface area contributed by atoms with Gasteiger partial charge >= 0.3 is 0 Å². The van der Waals surface area contributed by atoms with Crippen molar-refractivity contribution < 1.29 is 28.8 Å². The molecule has 0 radical (unpaired) electrons. The van der Waals surface area contributed by atoms with Gasteiger partial charge in [0.15, 0.2) is 11.6 Å². The Balaban J connectivity index is 1.36. The summed E-state index contributed by atoms with van der Waals surface area (Å²) < 4.78 is 0. The Morgan fingerprint density at radius 3 is 2.30 bits per heavy atom. The van der Waals surface area contributed by atoms with Crippen LogP contribution < -0.4 is 10.6 Å². The first-order valence-corrected chi connectivity index (χ1v) is 19.2. The number of likely N-dealkylation sites (tertiary alicyclic amines) is 1. The maximum Gasteiger partial charge on any atom is 0.287 e. The van der Waals surface area contributed by atoms with Crippen LogP contribution in [0, 0.1) is 35.0 Å². The average molecular weight is 692 g/mol. The van der Waals surface area contributed by atoms with E-state index in [4.69, 9.17) is 0 Å². The van der Waals surface area contributed by atoms with Gasteiger partial charge in [-0.25, -0.2) is 4.98 Å². The molecular formula is C39H57N5O6. The number of nitrogens with one attached hydrogen (secondary N) is 2. The lowest BCUT2D eigenvalue weighted by Crippen LogP contribution is -2.52. The van der Waals surface area contributed by atoms with E-state index in [1.807, 2.05) is 27.7 Å². The number of hydrogen-bond acceptors (Lipinski definition) is 8. The van der Waals surface area contributed by atoms with Crippen molar-refractivity contribution in [1.82, 2.24) is 25.5 Å². The van der Waals surface area contributed by atoms with Crippen LogP contribution >= 0.6 is 0 Å². The normalized spacial score (nSPS) is 24.2. The molecule has 1 aliphatic heterocycles. The number of rotatable bonds is 16. The fourth-order valence-corrected chi connectivity index (χ4v) is 8.61. The van der Waals surface area contributed by atoms with Gasteiger partial charge in [0.2, 0.25) is 11.7 Å². The van der Waals surface area contributed by atoms with Gasteiger partial charge in [-0.15, -0.1) is 0 Å². The van der Waals surface area contributed by atoms with Crippen molar-refractivity contribution in [2.24, 2.45) is 35.0 Å². The van der Waals surface area contributed by atoms with Crippen molar-refractivity contribution in [3.8, 4) is 0 Å². The molecule has 2 heterocycles. The van der Waals surface area contributed by atoms with E-state index in [1.165, 1.54) is 18.6 Å². The number of hydrogen-bond donors (Lipinski definition) is 2. The topological polar surface area (TPSA) is 156 Å². The Labute approximate surface area is 296 Å². The van der Waals surface area contributed by atoms with E-state index in [1.54, 1.807) is 4.90 Å². The van der Waals surface area contributed by atoms with E-state index < -0.39 is 46.9 Å². The van der Waals surface area contributed by atoms with Gasteiger partial charge in [0.25, 0.3) is 11.8 Å². The number of aromatic nitrogens is 2. The number of amides is 3. The summed E-state index contributed by atoms with van der Waals surface area (Å²) in [4.78, 5) is 92.5. The minimum absolute atomic E-state index is 0.00578. The van der Waals surface area contributed by atoms with Crippen LogP contribution in [-0.4, -0.2) is 74.6 Å². The van der Waals surface area contributed by atoms with Gasteiger partial charge in [-0.3, -0.25) is 33.8 Å². The third kappa shape index (κ3) is 9.23. The minimum atomic E-state index is -0.759. The van der Waals surface area contributed by atoms with Crippen LogP contribution in [0.25, 0.3) is 0 Å². The van der Waals surface area contributed by atoms with Crippen LogP contribution in [0.3, 0.4) is 0 Å². The van der Waals surface area contributed by atoms with Crippen molar-refractivity contribution in [3.05, 3.63) is 24.3 Å². The molecule has 11 nitrogen and oxygen atoms in total. The van der Waals surface area contributed by atoms with Gasteiger partial charge in [-0.1, -0.05) is 66.2 Å². The van der Waals surface area contributed by atoms with E-state index in [0.717, 1.165) is 77.0 Å². The van der Waals surface area contributed by atoms with E-state index in [9.17, 15) is 28.8 Å².